The van der Waals surface area contributed by atoms with Crippen molar-refractivity contribution in [2.75, 3.05) is 0 Å². The lowest BCUT2D eigenvalue weighted by Crippen LogP contribution is -2.20. The molecule has 0 saturated heterocycles. The molecule has 0 saturated carbocycles. The van der Waals surface area contributed by atoms with E-state index in [9.17, 15) is 4.79 Å². The second-order valence-corrected chi connectivity index (χ2v) is 4.67. The van der Waals surface area contributed by atoms with Gasteiger partial charge in [-0.15, -0.1) is 0 Å². The van der Waals surface area contributed by atoms with Crippen LogP contribution in [0.15, 0.2) is 47.7 Å². The highest BCUT2D eigenvalue weighted by atomic mass is 16.2. The fourth-order valence-corrected chi connectivity index (χ4v) is 1.97. The smallest absolute Gasteiger partial charge is 0.266 e. The van der Waals surface area contributed by atoms with E-state index < -0.39 is 0 Å². The molecule has 2 rings (SSSR count). The molecule has 4 heteroatoms. The molecule has 1 amide bonds. The molecule has 1 N–H and O–H groups in total. The maximum absolute atomic E-state index is 11.8. The van der Waals surface area contributed by atoms with Gasteiger partial charge in [0.2, 0.25) is 0 Å². The second-order valence-electron chi connectivity index (χ2n) is 4.67. The Kier molecular flexibility index (Phi) is 4.25. The number of hydrazone groups is 1. The Morgan fingerprint density at radius 2 is 2.00 bits per heavy atom. The number of pyridine rings is 1. The third-order valence-corrected chi connectivity index (χ3v) is 2.99. The molecule has 1 aromatic carbocycles. The molecule has 0 aliphatic carbocycles. The highest BCUT2D eigenvalue weighted by Gasteiger charge is 2.06. The molecular weight excluding hydrogens is 250 g/mol. The Bertz CT molecular complexity index is 648. The minimum Gasteiger partial charge on any atom is -0.266 e. The van der Waals surface area contributed by atoms with Crippen LogP contribution in [0.2, 0.25) is 0 Å². The van der Waals surface area contributed by atoms with E-state index >= 15 is 0 Å². The zero-order valence-corrected chi connectivity index (χ0v) is 11.8. The number of nitrogens with one attached hydrogen (secondary N) is 1. The van der Waals surface area contributed by atoms with Crippen molar-refractivity contribution < 1.29 is 4.79 Å². The third-order valence-electron chi connectivity index (χ3n) is 2.99. The molecule has 0 spiro atoms. The molecule has 0 aliphatic rings. The van der Waals surface area contributed by atoms with Gasteiger partial charge < -0.3 is 0 Å². The highest BCUT2D eigenvalue weighted by Crippen LogP contribution is 2.11. The number of hydrogen-bond acceptors (Lipinski definition) is 3. The van der Waals surface area contributed by atoms with Crippen LogP contribution in [0, 0.1) is 13.8 Å². The fraction of sp³-hybridized carbons (Fsp3) is 0.188. The number of hydrogen-bond donors (Lipinski definition) is 1. The van der Waals surface area contributed by atoms with E-state index in [-0.39, 0.29) is 5.91 Å². The number of carbonyl (C=O) groups excluding carboxylic acids is 1. The summed E-state index contributed by atoms with van der Waals surface area (Å²) in [5.74, 6) is -0.310. The molecule has 102 valence electrons. The Labute approximate surface area is 118 Å². The van der Waals surface area contributed by atoms with Gasteiger partial charge in [0.05, 0.1) is 5.71 Å². The van der Waals surface area contributed by atoms with Gasteiger partial charge in [0, 0.05) is 11.8 Å². The Morgan fingerprint density at radius 3 is 2.65 bits per heavy atom. The van der Waals surface area contributed by atoms with Gasteiger partial charge in [0.1, 0.15) is 5.69 Å². The van der Waals surface area contributed by atoms with Crippen molar-refractivity contribution in [1.82, 2.24) is 10.4 Å². The van der Waals surface area contributed by atoms with Crippen LogP contribution in [0.25, 0.3) is 0 Å². The van der Waals surface area contributed by atoms with Gasteiger partial charge in [0.15, 0.2) is 0 Å². The van der Waals surface area contributed by atoms with Gasteiger partial charge in [-0.05, 0) is 38.5 Å². The molecule has 0 bridgehead atoms. The van der Waals surface area contributed by atoms with E-state index in [0.717, 1.165) is 16.8 Å². The van der Waals surface area contributed by atoms with Gasteiger partial charge >= 0.3 is 0 Å². The van der Waals surface area contributed by atoms with E-state index in [4.69, 9.17) is 0 Å². The lowest BCUT2D eigenvalue weighted by Gasteiger charge is -2.07. The molecule has 2 aromatic rings. The summed E-state index contributed by atoms with van der Waals surface area (Å²) >= 11 is 0. The summed E-state index contributed by atoms with van der Waals surface area (Å²) in [6, 6.07) is 11.3. The fourth-order valence-electron chi connectivity index (χ4n) is 1.97. The van der Waals surface area contributed by atoms with Crippen molar-refractivity contribution in [2.45, 2.75) is 20.8 Å². The first-order valence-corrected chi connectivity index (χ1v) is 6.41. The quantitative estimate of drug-likeness (QED) is 0.686. The first kappa shape index (κ1) is 13.9. The summed E-state index contributed by atoms with van der Waals surface area (Å²) in [5, 5.41) is 4.14. The van der Waals surface area contributed by atoms with Crippen molar-refractivity contribution in [2.24, 2.45) is 5.10 Å². The van der Waals surface area contributed by atoms with Crippen LogP contribution in [-0.2, 0) is 0 Å². The van der Waals surface area contributed by atoms with Crippen LogP contribution in [0.5, 0.6) is 0 Å². The lowest BCUT2D eigenvalue weighted by molar-refractivity contribution is 0.0950. The number of carbonyl (C=O) groups is 1. The molecule has 1 aromatic heterocycles. The summed E-state index contributed by atoms with van der Waals surface area (Å²) in [5.41, 5.74) is 7.01. The van der Waals surface area contributed by atoms with Crippen LogP contribution >= 0.6 is 0 Å². The summed E-state index contributed by atoms with van der Waals surface area (Å²) < 4.78 is 0. The molecule has 0 atom stereocenters. The average molecular weight is 267 g/mol. The van der Waals surface area contributed by atoms with Crippen LogP contribution < -0.4 is 5.43 Å². The van der Waals surface area contributed by atoms with Gasteiger partial charge in [0.25, 0.3) is 5.91 Å². The van der Waals surface area contributed by atoms with Crippen LogP contribution in [0.1, 0.15) is 34.1 Å². The van der Waals surface area contributed by atoms with Crippen LogP contribution in [0.3, 0.4) is 0 Å². The van der Waals surface area contributed by atoms with Crippen LogP contribution in [-0.4, -0.2) is 16.6 Å². The maximum atomic E-state index is 11.8. The molecule has 0 unspecified atom stereocenters. The van der Waals surface area contributed by atoms with Gasteiger partial charge in [-0.3, -0.25) is 9.78 Å². The number of benzene rings is 1. The predicted octanol–water partition coefficient (Wildman–Crippen LogP) is 2.85. The SMILES string of the molecule is C/C(=N/NC(=O)c1ccccn1)c1ccc(C)cc1C. The van der Waals surface area contributed by atoms with E-state index in [1.54, 1.807) is 24.4 Å². The zero-order valence-electron chi connectivity index (χ0n) is 11.8. The minimum absolute atomic E-state index is 0.310. The number of aryl methyl sites for hydroxylation is 2. The Balaban J connectivity index is 2.13. The zero-order chi connectivity index (χ0) is 14.5. The summed E-state index contributed by atoms with van der Waals surface area (Å²) in [6.45, 7) is 5.95. The van der Waals surface area contributed by atoms with Crippen LogP contribution in [0.4, 0.5) is 0 Å². The number of aromatic nitrogens is 1. The Hall–Kier alpha value is -2.49. The third kappa shape index (κ3) is 3.29. The van der Waals surface area contributed by atoms with Gasteiger partial charge in [-0.2, -0.15) is 5.10 Å². The number of rotatable bonds is 3. The summed E-state index contributed by atoms with van der Waals surface area (Å²) in [7, 11) is 0. The van der Waals surface area contributed by atoms with Crippen molar-refractivity contribution in [3.8, 4) is 0 Å². The lowest BCUT2D eigenvalue weighted by atomic mass is 10.0. The first-order valence-electron chi connectivity index (χ1n) is 6.41. The molecule has 0 aliphatic heterocycles. The van der Waals surface area contributed by atoms with E-state index in [2.05, 4.69) is 21.6 Å². The van der Waals surface area contributed by atoms with Crippen molar-refractivity contribution in [1.29, 1.82) is 0 Å². The van der Waals surface area contributed by atoms with Gasteiger partial charge in [-0.1, -0.05) is 29.8 Å². The predicted molar refractivity (Wildman–Crippen MR) is 79.8 cm³/mol. The van der Waals surface area contributed by atoms with Crippen molar-refractivity contribution in [3.05, 3.63) is 65.0 Å². The topological polar surface area (TPSA) is 54.4 Å². The first-order chi connectivity index (χ1) is 9.58. The maximum Gasteiger partial charge on any atom is 0.289 e. The normalized spacial score (nSPS) is 11.2. The number of amides is 1. The van der Waals surface area contributed by atoms with Crippen molar-refractivity contribution >= 4 is 11.6 Å². The molecular formula is C16H17N3O. The summed E-state index contributed by atoms with van der Waals surface area (Å²) in [4.78, 5) is 15.8. The average Bonchev–Trinajstić information content (AvgIpc) is 2.45. The second kappa shape index (κ2) is 6.10. The van der Waals surface area contributed by atoms with E-state index in [1.807, 2.05) is 32.9 Å². The van der Waals surface area contributed by atoms with E-state index in [0.29, 0.717) is 5.69 Å². The van der Waals surface area contributed by atoms with Crippen molar-refractivity contribution in [3.63, 3.8) is 0 Å². The van der Waals surface area contributed by atoms with E-state index in [1.165, 1.54) is 5.56 Å². The Morgan fingerprint density at radius 1 is 1.20 bits per heavy atom. The molecule has 1 heterocycles. The molecule has 4 nitrogen and oxygen atoms in total. The minimum atomic E-state index is -0.310. The number of nitrogens with zero attached hydrogens (tertiary/aromatic N) is 2. The molecule has 20 heavy (non-hydrogen) atoms. The van der Waals surface area contributed by atoms with Gasteiger partial charge in [-0.25, -0.2) is 5.43 Å². The standard InChI is InChI=1S/C16H17N3O/c1-11-7-8-14(12(2)10-11)13(3)18-19-16(20)15-6-4-5-9-17-15/h4-10H,1-3H3,(H,19,20)/b18-13-. The summed E-state index contributed by atoms with van der Waals surface area (Å²) in [6.07, 6.45) is 1.58. The largest absolute Gasteiger partial charge is 0.289 e. The monoisotopic (exact) mass is 267 g/mol. The molecule has 0 fully saturated rings. The molecule has 0 radical (unpaired) electrons. The highest BCUT2D eigenvalue weighted by molar-refractivity contribution is 6.01.